The van der Waals surface area contributed by atoms with Crippen LogP contribution >= 0.6 is 0 Å². The van der Waals surface area contributed by atoms with Crippen molar-refractivity contribution in [2.45, 2.75) is 51.9 Å². The van der Waals surface area contributed by atoms with Crippen molar-refractivity contribution in [3.63, 3.8) is 0 Å². The molecular formula is C22H26F3NO2. The van der Waals surface area contributed by atoms with Crippen LogP contribution in [-0.2, 0) is 6.18 Å². The number of halogens is 3. The van der Waals surface area contributed by atoms with E-state index in [4.69, 9.17) is 0 Å². The first-order valence-corrected chi connectivity index (χ1v) is 9.23. The van der Waals surface area contributed by atoms with E-state index in [0.29, 0.717) is 12.2 Å². The summed E-state index contributed by atoms with van der Waals surface area (Å²) in [6.07, 6.45) is -5.81. The summed E-state index contributed by atoms with van der Waals surface area (Å²) in [6, 6.07) is 11.6. The van der Waals surface area contributed by atoms with Crippen LogP contribution in [0.1, 0.15) is 61.7 Å². The van der Waals surface area contributed by atoms with E-state index in [1.165, 1.54) is 24.3 Å². The first kappa shape index (κ1) is 22.0. The molecule has 2 aromatic rings. The highest BCUT2D eigenvalue weighted by atomic mass is 19.4. The van der Waals surface area contributed by atoms with E-state index >= 15 is 0 Å². The van der Waals surface area contributed by atoms with Crippen LogP contribution in [0.15, 0.2) is 48.5 Å². The fraction of sp³-hybridized carbons (Fsp3) is 0.409. The van der Waals surface area contributed by atoms with Gasteiger partial charge in [-0.3, -0.25) is 4.79 Å². The van der Waals surface area contributed by atoms with Crippen LogP contribution in [0.2, 0.25) is 0 Å². The molecule has 0 saturated heterocycles. The van der Waals surface area contributed by atoms with Gasteiger partial charge in [-0.2, -0.15) is 13.2 Å². The lowest BCUT2D eigenvalue weighted by Crippen LogP contribution is -2.42. The zero-order valence-corrected chi connectivity index (χ0v) is 16.5. The number of rotatable bonds is 6. The highest BCUT2D eigenvalue weighted by Gasteiger charge is 2.38. The lowest BCUT2D eigenvalue weighted by molar-refractivity contribution is -0.138. The van der Waals surface area contributed by atoms with E-state index < -0.39 is 29.2 Å². The second-order valence-electron chi connectivity index (χ2n) is 7.72. The number of carbonyl (C=O) groups excluding carboxylic acids is 1. The van der Waals surface area contributed by atoms with E-state index in [9.17, 15) is 23.1 Å². The van der Waals surface area contributed by atoms with Crippen molar-refractivity contribution in [2.24, 2.45) is 0 Å². The van der Waals surface area contributed by atoms with Gasteiger partial charge in [0.25, 0.3) is 0 Å². The molecule has 152 valence electrons. The molecule has 1 N–H and O–H groups in total. The van der Waals surface area contributed by atoms with Gasteiger partial charge in [0.1, 0.15) is 6.10 Å². The molecule has 6 heteroatoms. The maximum atomic E-state index is 13.8. The molecule has 0 saturated carbocycles. The number of nitrogens with zero attached hydrogens (tertiary/aromatic N) is 1. The Hall–Kier alpha value is -2.34. The number of Topliss-reactive ketones (excluding diaryl/α,β-unsaturated/α-hetero) is 1. The molecule has 2 aromatic carbocycles. The zero-order chi connectivity index (χ0) is 21.1. The fourth-order valence-electron chi connectivity index (χ4n) is 3.17. The van der Waals surface area contributed by atoms with Crippen molar-refractivity contribution in [1.29, 1.82) is 0 Å². The van der Waals surface area contributed by atoms with Crippen LogP contribution in [-0.4, -0.2) is 23.0 Å². The van der Waals surface area contributed by atoms with Crippen LogP contribution in [0.25, 0.3) is 0 Å². The highest BCUT2D eigenvalue weighted by molar-refractivity contribution is 6.00. The first-order valence-electron chi connectivity index (χ1n) is 9.23. The number of alkyl halides is 3. The molecule has 2 rings (SSSR count). The van der Waals surface area contributed by atoms with Crippen LogP contribution in [0.4, 0.5) is 18.9 Å². The van der Waals surface area contributed by atoms with E-state index in [1.807, 2.05) is 32.6 Å². The number of benzene rings is 2. The molecule has 0 amide bonds. The van der Waals surface area contributed by atoms with Gasteiger partial charge in [-0.15, -0.1) is 0 Å². The monoisotopic (exact) mass is 393 g/mol. The summed E-state index contributed by atoms with van der Waals surface area (Å²) in [4.78, 5) is 14.4. The number of carbonyl (C=O) groups is 1. The summed E-state index contributed by atoms with van der Waals surface area (Å²) in [5, 5.41) is 10.4. The van der Waals surface area contributed by atoms with E-state index in [0.717, 1.165) is 12.5 Å². The Labute approximate surface area is 163 Å². The number of anilines is 1. The van der Waals surface area contributed by atoms with Gasteiger partial charge in [0, 0.05) is 28.9 Å². The average molecular weight is 393 g/mol. The summed E-state index contributed by atoms with van der Waals surface area (Å²) in [5.74, 6) is -0.764. The third-order valence-corrected chi connectivity index (χ3v) is 4.51. The molecule has 0 bridgehead atoms. The molecule has 0 aromatic heterocycles. The Morgan fingerprint density at radius 3 is 2.18 bits per heavy atom. The Balaban J connectivity index is 2.52. The smallest absolute Gasteiger partial charge is 0.380 e. The third-order valence-electron chi connectivity index (χ3n) is 4.51. The third kappa shape index (κ3) is 4.93. The first-order chi connectivity index (χ1) is 13.0. The number of aliphatic hydroxyl groups excluding tert-OH is 1. The minimum Gasteiger partial charge on any atom is -0.380 e. The maximum Gasteiger partial charge on any atom is 0.416 e. The second-order valence-corrected chi connectivity index (χ2v) is 7.72. The fourth-order valence-corrected chi connectivity index (χ4v) is 3.17. The highest BCUT2D eigenvalue weighted by Crippen LogP contribution is 2.39. The molecule has 1 atom stereocenters. The van der Waals surface area contributed by atoms with Gasteiger partial charge in [-0.25, -0.2) is 0 Å². The van der Waals surface area contributed by atoms with Gasteiger partial charge < -0.3 is 10.0 Å². The normalized spacial score (nSPS) is 13.3. The zero-order valence-electron chi connectivity index (χ0n) is 16.5. The molecular weight excluding hydrogens is 367 g/mol. The number of ketones is 1. The maximum absolute atomic E-state index is 13.8. The quantitative estimate of drug-likeness (QED) is 0.646. The van der Waals surface area contributed by atoms with Crippen molar-refractivity contribution >= 4 is 11.5 Å². The van der Waals surface area contributed by atoms with E-state index in [-0.39, 0.29) is 11.1 Å². The lowest BCUT2D eigenvalue weighted by atomic mass is 9.94. The van der Waals surface area contributed by atoms with Gasteiger partial charge in [-0.05, 0) is 39.3 Å². The average Bonchev–Trinajstić information content (AvgIpc) is 2.63. The largest absolute Gasteiger partial charge is 0.416 e. The predicted molar refractivity (Wildman–Crippen MR) is 105 cm³/mol. The van der Waals surface area contributed by atoms with Crippen molar-refractivity contribution < 1.29 is 23.1 Å². The molecule has 0 heterocycles. The second kappa shape index (κ2) is 8.35. The summed E-state index contributed by atoms with van der Waals surface area (Å²) < 4.78 is 41.3. The number of hydrogen-bond donors (Lipinski definition) is 1. The number of aliphatic hydroxyl groups is 1. The van der Waals surface area contributed by atoms with Crippen molar-refractivity contribution in [1.82, 2.24) is 0 Å². The molecule has 0 aliphatic rings. The van der Waals surface area contributed by atoms with Crippen LogP contribution in [0.5, 0.6) is 0 Å². The Kier molecular flexibility index (Phi) is 6.55. The standard InChI is InChI=1S/C22H26F3NO2/c1-5-13-26(21(2,3)4)16-11-12-17(18(14-16)22(23,24)25)20(28)19(27)15-9-7-6-8-10-15/h6-12,14,20,28H,5,13H2,1-4H3. The Morgan fingerprint density at radius 2 is 1.68 bits per heavy atom. The summed E-state index contributed by atoms with van der Waals surface area (Å²) in [6.45, 7) is 8.33. The molecule has 0 aliphatic heterocycles. The topological polar surface area (TPSA) is 40.5 Å². The summed E-state index contributed by atoms with van der Waals surface area (Å²) >= 11 is 0. The molecule has 28 heavy (non-hydrogen) atoms. The molecule has 1 unspecified atom stereocenters. The molecule has 3 nitrogen and oxygen atoms in total. The van der Waals surface area contributed by atoms with Gasteiger partial charge in [-0.1, -0.05) is 43.3 Å². The minimum absolute atomic E-state index is 0.162. The van der Waals surface area contributed by atoms with E-state index in [2.05, 4.69) is 0 Å². The van der Waals surface area contributed by atoms with Gasteiger partial charge in [0.15, 0.2) is 5.78 Å². The molecule has 0 spiro atoms. The van der Waals surface area contributed by atoms with Crippen molar-refractivity contribution in [2.75, 3.05) is 11.4 Å². The van der Waals surface area contributed by atoms with Gasteiger partial charge in [0.2, 0.25) is 0 Å². The van der Waals surface area contributed by atoms with Gasteiger partial charge >= 0.3 is 6.18 Å². The van der Waals surface area contributed by atoms with Crippen molar-refractivity contribution in [3.8, 4) is 0 Å². The Morgan fingerprint density at radius 1 is 1.07 bits per heavy atom. The van der Waals surface area contributed by atoms with Crippen LogP contribution in [0, 0.1) is 0 Å². The molecule has 0 aliphatic carbocycles. The van der Waals surface area contributed by atoms with Crippen molar-refractivity contribution in [3.05, 3.63) is 65.2 Å². The van der Waals surface area contributed by atoms with E-state index in [1.54, 1.807) is 18.2 Å². The lowest BCUT2D eigenvalue weighted by Gasteiger charge is -2.38. The summed E-state index contributed by atoms with van der Waals surface area (Å²) in [7, 11) is 0. The number of hydrogen-bond acceptors (Lipinski definition) is 3. The molecule has 0 fully saturated rings. The summed E-state index contributed by atoms with van der Waals surface area (Å²) in [5.41, 5.74) is -1.24. The van der Waals surface area contributed by atoms with Crippen LogP contribution in [0.3, 0.4) is 0 Å². The Bertz CT molecular complexity index is 811. The molecule has 0 radical (unpaired) electrons. The minimum atomic E-state index is -4.70. The van der Waals surface area contributed by atoms with Crippen LogP contribution < -0.4 is 4.90 Å². The SMILES string of the molecule is CCCN(c1ccc(C(O)C(=O)c2ccccc2)c(C(F)(F)F)c1)C(C)(C)C. The predicted octanol–water partition coefficient (Wildman–Crippen LogP) is 5.64. The van der Waals surface area contributed by atoms with Gasteiger partial charge in [0.05, 0.1) is 5.56 Å².